The summed E-state index contributed by atoms with van der Waals surface area (Å²) in [7, 11) is 0. The quantitative estimate of drug-likeness (QED) is 0.219. The number of nitrogens with zero attached hydrogens (tertiary/aromatic N) is 3. The van der Waals surface area contributed by atoms with E-state index in [0.717, 1.165) is 48.2 Å². The van der Waals surface area contributed by atoms with E-state index in [4.69, 9.17) is 15.2 Å². The molecule has 0 atom stereocenters. The average Bonchev–Trinajstić information content (AvgIpc) is 2.89. The lowest BCUT2D eigenvalue weighted by atomic mass is 10.0. The van der Waals surface area contributed by atoms with Crippen LogP contribution in [0.15, 0.2) is 112 Å². The predicted octanol–water partition coefficient (Wildman–Crippen LogP) is 8.54. The van der Waals surface area contributed by atoms with Crippen LogP contribution in [0, 0.1) is 11.3 Å². The lowest BCUT2D eigenvalue weighted by Gasteiger charge is -2.10. The largest absolute Gasteiger partial charge is 0.228 e. The molecule has 162 valence electrons. The van der Waals surface area contributed by atoms with Gasteiger partial charge in [0, 0.05) is 25.6 Å². The van der Waals surface area contributed by atoms with Crippen molar-refractivity contribution in [3.63, 3.8) is 0 Å². The fourth-order valence-electron chi connectivity index (χ4n) is 3.69. The molecule has 0 aliphatic heterocycles. The Kier molecular flexibility index (Phi) is 6.35. The lowest BCUT2D eigenvalue weighted by Crippen LogP contribution is -1.96. The van der Waals surface area contributed by atoms with Crippen molar-refractivity contribution >= 4 is 31.9 Å². The Morgan fingerprint density at radius 1 is 0.529 bits per heavy atom. The summed E-state index contributed by atoms with van der Waals surface area (Å²) >= 11 is 7.05. The zero-order valence-electron chi connectivity index (χ0n) is 17.9. The van der Waals surface area contributed by atoms with Crippen LogP contribution in [0.5, 0.6) is 0 Å². The van der Waals surface area contributed by atoms with E-state index < -0.39 is 0 Å². The van der Waals surface area contributed by atoms with Gasteiger partial charge < -0.3 is 0 Å². The topological polar surface area (TPSA) is 49.6 Å². The van der Waals surface area contributed by atoms with E-state index in [-0.39, 0.29) is 0 Å². The van der Waals surface area contributed by atoms with Crippen LogP contribution in [0.2, 0.25) is 0 Å². The number of rotatable bonds is 4. The summed E-state index contributed by atoms with van der Waals surface area (Å²) in [5, 5.41) is 9.14. The van der Waals surface area contributed by atoms with E-state index in [9.17, 15) is 0 Å². The fraction of sp³-hybridized carbons (Fsp3) is 0. The van der Waals surface area contributed by atoms with Crippen molar-refractivity contribution in [3.8, 4) is 51.1 Å². The van der Waals surface area contributed by atoms with Crippen LogP contribution < -0.4 is 0 Å². The van der Waals surface area contributed by atoms with Crippen molar-refractivity contribution in [3.05, 3.63) is 118 Å². The number of halogens is 2. The molecular formula is C29H17Br2N3. The Labute approximate surface area is 215 Å². The Bertz CT molecular complexity index is 1500. The molecular weight excluding hydrogens is 550 g/mol. The second-order valence-corrected chi connectivity index (χ2v) is 9.58. The lowest BCUT2D eigenvalue weighted by molar-refractivity contribution is 1.18. The molecule has 34 heavy (non-hydrogen) atoms. The highest BCUT2D eigenvalue weighted by Crippen LogP contribution is 2.30. The number of hydrogen-bond acceptors (Lipinski definition) is 3. The van der Waals surface area contributed by atoms with Crippen LogP contribution in [0.3, 0.4) is 0 Å². The molecule has 1 aromatic heterocycles. The molecule has 0 saturated heterocycles. The molecule has 1 heterocycles. The Morgan fingerprint density at radius 3 is 1.71 bits per heavy atom. The predicted molar refractivity (Wildman–Crippen MR) is 144 cm³/mol. The van der Waals surface area contributed by atoms with Gasteiger partial charge in [-0.3, -0.25) is 0 Å². The van der Waals surface area contributed by atoms with Gasteiger partial charge in [-0.2, -0.15) is 5.26 Å². The average molecular weight is 567 g/mol. The van der Waals surface area contributed by atoms with Crippen LogP contribution in [0.25, 0.3) is 45.0 Å². The van der Waals surface area contributed by atoms with Gasteiger partial charge in [-0.15, -0.1) is 0 Å². The summed E-state index contributed by atoms with van der Waals surface area (Å²) in [5.41, 5.74) is 7.46. The van der Waals surface area contributed by atoms with Gasteiger partial charge in [0.05, 0.1) is 23.0 Å². The molecule has 4 aromatic carbocycles. The standard InChI is InChI=1S/C29H17Br2N3/c30-25-14-12-21(13-15-25)20-8-10-22(11-9-20)27-17-28(24-2-1-3-26(31)16-24)34-29(33-27)23-6-4-19(18-32)5-7-23/h1-17H. The monoisotopic (exact) mass is 565 g/mol. The van der Waals surface area contributed by atoms with Gasteiger partial charge in [0.1, 0.15) is 0 Å². The van der Waals surface area contributed by atoms with Gasteiger partial charge in [-0.05, 0) is 65.7 Å². The minimum atomic E-state index is 0.607. The second-order valence-electron chi connectivity index (χ2n) is 7.75. The molecule has 0 fully saturated rings. The molecule has 0 spiro atoms. The zero-order valence-corrected chi connectivity index (χ0v) is 21.1. The van der Waals surface area contributed by atoms with Gasteiger partial charge in [0.2, 0.25) is 0 Å². The number of nitriles is 1. The van der Waals surface area contributed by atoms with Crippen LogP contribution in [0.1, 0.15) is 5.56 Å². The van der Waals surface area contributed by atoms with Gasteiger partial charge in [0.25, 0.3) is 0 Å². The molecule has 0 aliphatic carbocycles. The summed E-state index contributed by atoms with van der Waals surface area (Å²) in [4.78, 5) is 9.73. The molecule has 5 aromatic rings. The maximum atomic E-state index is 9.14. The van der Waals surface area contributed by atoms with Crippen LogP contribution in [0.4, 0.5) is 0 Å². The third kappa shape index (κ3) is 4.84. The van der Waals surface area contributed by atoms with Crippen LogP contribution >= 0.6 is 31.9 Å². The summed E-state index contributed by atoms with van der Waals surface area (Å²) in [6.07, 6.45) is 0. The molecule has 0 unspecified atom stereocenters. The molecule has 0 aliphatic rings. The number of hydrogen-bond donors (Lipinski definition) is 0. The maximum absolute atomic E-state index is 9.14. The van der Waals surface area contributed by atoms with Gasteiger partial charge in [-0.1, -0.05) is 80.4 Å². The van der Waals surface area contributed by atoms with E-state index in [1.165, 1.54) is 0 Å². The first-order valence-electron chi connectivity index (χ1n) is 10.6. The SMILES string of the molecule is N#Cc1ccc(-c2nc(-c3ccc(-c4ccc(Br)cc4)cc3)cc(-c3cccc(Br)c3)n2)cc1. The minimum Gasteiger partial charge on any atom is -0.228 e. The highest BCUT2D eigenvalue weighted by atomic mass is 79.9. The summed E-state index contributed by atoms with van der Waals surface area (Å²) in [5.74, 6) is 0.619. The van der Waals surface area contributed by atoms with Crippen molar-refractivity contribution in [2.75, 3.05) is 0 Å². The van der Waals surface area contributed by atoms with Crippen molar-refractivity contribution in [1.29, 1.82) is 5.26 Å². The van der Waals surface area contributed by atoms with E-state index in [1.54, 1.807) is 12.1 Å². The highest BCUT2D eigenvalue weighted by molar-refractivity contribution is 9.10. The van der Waals surface area contributed by atoms with Crippen LogP contribution in [-0.2, 0) is 0 Å². The smallest absolute Gasteiger partial charge is 0.160 e. The van der Waals surface area contributed by atoms with Crippen LogP contribution in [-0.4, -0.2) is 9.97 Å². The first kappa shape index (κ1) is 22.2. The normalized spacial score (nSPS) is 10.6. The highest BCUT2D eigenvalue weighted by Gasteiger charge is 2.11. The second kappa shape index (κ2) is 9.72. The van der Waals surface area contributed by atoms with Crippen molar-refractivity contribution in [2.24, 2.45) is 0 Å². The molecule has 3 nitrogen and oxygen atoms in total. The summed E-state index contributed by atoms with van der Waals surface area (Å²) < 4.78 is 2.05. The van der Waals surface area contributed by atoms with Crippen molar-refractivity contribution < 1.29 is 0 Å². The van der Waals surface area contributed by atoms with Gasteiger partial charge in [0.15, 0.2) is 5.82 Å². The number of aromatic nitrogens is 2. The summed E-state index contributed by atoms with van der Waals surface area (Å²) in [6.45, 7) is 0. The Hall–Kier alpha value is -3.59. The Morgan fingerprint density at radius 2 is 1.09 bits per heavy atom. The molecule has 0 amide bonds. The minimum absolute atomic E-state index is 0.607. The third-order valence-electron chi connectivity index (χ3n) is 5.48. The summed E-state index contributed by atoms with van der Waals surface area (Å²) in [6, 6.07) is 36.3. The fourth-order valence-corrected chi connectivity index (χ4v) is 4.35. The number of benzene rings is 4. The Balaban J connectivity index is 1.60. The molecule has 0 saturated carbocycles. The molecule has 5 rings (SSSR count). The first-order chi connectivity index (χ1) is 16.6. The molecule has 0 radical (unpaired) electrons. The molecule has 0 N–H and O–H groups in total. The van der Waals surface area contributed by atoms with Crippen molar-refractivity contribution in [1.82, 2.24) is 9.97 Å². The first-order valence-corrected chi connectivity index (χ1v) is 12.2. The maximum Gasteiger partial charge on any atom is 0.160 e. The molecule has 0 bridgehead atoms. The van der Waals surface area contributed by atoms with Gasteiger partial charge >= 0.3 is 0 Å². The van der Waals surface area contributed by atoms with E-state index >= 15 is 0 Å². The van der Waals surface area contributed by atoms with E-state index in [1.807, 2.05) is 54.6 Å². The van der Waals surface area contributed by atoms with E-state index in [0.29, 0.717) is 11.4 Å². The van der Waals surface area contributed by atoms with E-state index in [2.05, 4.69) is 74.3 Å². The van der Waals surface area contributed by atoms with Gasteiger partial charge in [-0.25, -0.2) is 9.97 Å². The third-order valence-corrected chi connectivity index (χ3v) is 6.50. The zero-order chi connectivity index (χ0) is 23.5. The van der Waals surface area contributed by atoms with Crippen molar-refractivity contribution in [2.45, 2.75) is 0 Å². The molecule has 5 heteroatoms.